The lowest BCUT2D eigenvalue weighted by molar-refractivity contribution is 0.0674. The third kappa shape index (κ3) is 3.34. The number of benzene rings is 2. The number of amides is 1. The highest BCUT2D eigenvalue weighted by atomic mass is 16.2. The fourth-order valence-corrected chi connectivity index (χ4v) is 4.44. The van der Waals surface area contributed by atoms with Crippen LogP contribution in [-0.2, 0) is 0 Å². The van der Waals surface area contributed by atoms with Gasteiger partial charge in [-0.15, -0.1) is 0 Å². The maximum atomic E-state index is 13.1. The fourth-order valence-electron chi connectivity index (χ4n) is 4.44. The lowest BCUT2D eigenvalue weighted by Crippen LogP contribution is -2.55. The number of H-pyrrole nitrogens is 2. The third-order valence-corrected chi connectivity index (χ3v) is 5.77. The van der Waals surface area contributed by atoms with E-state index in [4.69, 9.17) is 5.73 Å². The van der Waals surface area contributed by atoms with Crippen LogP contribution in [0, 0.1) is 0 Å². The molecule has 1 amide bonds. The van der Waals surface area contributed by atoms with E-state index in [1.807, 2.05) is 29.2 Å². The highest BCUT2D eigenvalue weighted by Gasteiger charge is 2.26. The predicted molar refractivity (Wildman–Crippen MR) is 122 cm³/mol. The quantitative estimate of drug-likeness (QED) is 0.400. The number of rotatable bonds is 2. The average molecular weight is 416 g/mol. The summed E-state index contributed by atoms with van der Waals surface area (Å²) >= 11 is 0. The molecule has 2 atom stereocenters. The Morgan fingerprint density at radius 2 is 1.81 bits per heavy atom. The number of nitrogens with zero attached hydrogens (tertiary/aromatic N) is 2. The summed E-state index contributed by atoms with van der Waals surface area (Å²) in [6.45, 7) is 5.48. The molecule has 0 aliphatic carbocycles. The van der Waals surface area contributed by atoms with E-state index in [0.717, 1.165) is 5.39 Å². The number of piperazine rings is 1. The summed E-state index contributed by atoms with van der Waals surface area (Å²) in [5, 5.41) is 4.19. The number of hydrogen-bond donors (Lipinski definition) is 4. The summed E-state index contributed by atoms with van der Waals surface area (Å²) in [5.74, 6) is 0.370. The van der Waals surface area contributed by atoms with E-state index >= 15 is 0 Å². The first-order valence-corrected chi connectivity index (χ1v) is 10.4. The second-order valence-corrected chi connectivity index (χ2v) is 8.28. The van der Waals surface area contributed by atoms with Crippen LogP contribution in [0.4, 0.5) is 5.69 Å². The van der Waals surface area contributed by atoms with Gasteiger partial charge in [-0.25, -0.2) is 4.98 Å². The van der Waals surface area contributed by atoms with Gasteiger partial charge in [-0.1, -0.05) is 18.2 Å². The molecule has 1 fully saturated rings. The number of nitrogen functional groups attached to an aromatic ring is 1. The molecule has 8 heteroatoms. The molecule has 3 heterocycles. The monoisotopic (exact) mass is 416 g/mol. The molecule has 31 heavy (non-hydrogen) atoms. The molecular formula is C23H24N6O2. The number of fused-ring (bicyclic) bond motifs is 2. The van der Waals surface area contributed by atoms with Crippen molar-refractivity contribution < 1.29 is 4.79 Å². The zero-order valence-corrected chi connectivity index (χ0v) is 17.4. The van der Waals surface area contributed by atoms with Gasteiger partial charge in [-0.3, -0.25) is 9.59 Å². The van der Waals surface area contributed by atoms with E-state index in [0.29, 0.717) is 52.3 Å². The molecule has 8 nitrogen and oxygen atoms in total. The highest BCUT2D eigenvalue weighted by molar-refractivity contribution is 6.00. The molecule has 0 spiro atoms. The van der Waals surface area contributed by atoms with E-state index in [9.17, 15) is 9.59 Å². The van der Waals surface area contributed by atoms with Crippen LogP contribution < -0.4 is 16.6 Å². The zero-order chi connectivity index (χ0) is 21.7. The first kappa shape index (κ1) is 19.3. The maximum Gasteiger partial charge on any atom is 0.261 e. The van der Waals surface area contributed by atoms with Crippen molar-refractivity contribution in [2.24, 2.45) is 0 Å². The number of aromatic nitrogens is 3. The van der Waals surface area contributed by atoms with Crippen molar-refractivity contribution in [3.05, 3.63) is 58.4 Å². The van der Waals surface area contributed by atoms with Crippen LogP contribution in [0.1, 0.15) is 24.2 Å². The first-order chi connectivity index (χ1) is 14.9. The number of carbonyl (C=O) groups is 1. The first-order valence-electron chi connectivity index (χ1n) is 10.4. The molecule has 0 saturated carbocycles. The van der Waals surface area contributed by atoms with Crippen LogP contribution in [0.25, 0.3) is 33.3 Å². The minimum absolute atomic E-state index is 0.0127. The lowest BCUT2D eigenvalue weighted by atomic mass is 10.1. The van der Waals surface area contributed by atoms with Crippen molar-refractivity contribution in [3.8, 4) is 11.4 Å². The van der Waals surface area contributed by atoms with Gasteiger partial charge in [0.15, 0.2) is 0 Å². The maximum absolute atomic E-state index is 13.1. The van der Waals surface area contributed by atoms with Crippen molar-refractivity contribution in [2.45, 2.75) is 25.9 Å². The SMILES string of the molecule is CC1CN(C(=O)c2ccc3nc(-c4c(N)c5ccccc5[nH]c4=O)[nH]c3c2)CC(C)N1. The van der Waals surface area contributed by atoms with E-state index in [2.05, 4.69) is 34.1 Å². The molecule has 5 N–H and O–H groups in total. The van der Waals surface area contributed by atoms with Crippen molar-refractivity contribution in [1.82, 2.24) is 25.2 Å². The van der Waals surface area contributed by atoms with Gasteiger partial charge in [0.2, 0.25) is 0 Å². The van der Waals surface area contributed by atoms with Gasteiger partial charge in [-0.2, -0.15) is 0 Å². The van der Waals surface area contributed by atoms with Crippen LogP contribution >= 0.6 is 0 Å². The Kier molecular flexibility index (Phi) is 4.51. The molecule has 158 valence electrons. The number of hydrogen-bond acceptors (Lipinski definition) is 5. The summed E-state index contributed by atoms with van der Waals surface area (Å²) in [6.07, 6.45) is 0. The van der Waals surface area contributed by atoms with Crippen molar-refractivity contribution in [3.63, 3.8) is 0 Å². The van der Waals surface area contributed by atoms with Crippen molar-refractivity contribution >= 4 is 33.5 Å². The Bertz CT molecular complexity index is 1360. The normalized spacial score (nSPS) is 19.2. The standard InChI is InChI=1S/C23H24N6O2/c1-12-10-29(11-13(2)25-12)23(31)14-7-8-17-18(9-14)27-21(26-17)19-20(24)15-5-3-4-6-16(15)28-22(19)30/h3-9,12-13,25H,10-11H2,1-2H3,(H,26,27)(H3,24,28,30). The van der Waals surface area contributed by atoms with Gasteiger partial charge < -0.3 is 25.9 Å². The molecule has 0 bridgehead atoms. The smallest absolute Gasteiger partial charge is 0.261 e. The lowest BCUT2D eigenvalue weighted by Gasteiger charge is -2.36. The number of carbonyl (C=O) groups excluding carboxylic acids is 1. The summed E-state index contributed by atoms with van der Waals surface area (Å²) in [6, 6.07) is 13.2. The minimum atomic E-state index is -0.310. The molecule has 1 aliphatic heterocycles. The van der Waals surface area contributed by atoms with Gasteiger partial charge in [0.1, 0.15) is 11.4 Å². The molecule has 2 unspecified atom stereocenters. The average Bonchev–Trinajstić information content (AvgIpc) is 3.15. The Balaban J connectivity index is 1.54. The number of para-hydroxylation sites is 1. The molecule has 2 aromatic heterocycles. The van der Waals surface area contributed by atoms with Gasteiger partial charge in [0.05, 0.1) is 22.2 Å². The number of nitrogens with one attached hydrogen (secondary N) is 3. The van der Waals surface area contributed by atoms with E-state index in [1.165, 1.54) is 0 Å². The molecule has 4 aromatic rings. The van der Waals surface area contributed by atoms with Crippen LogP contribution in [-0.4, -0.2) is 50.9 Å². The summed E-state index contributed by atoms with van der Waals surface area (Å²) in [5.41, 5.74) is 9.31. The summed E-state index contributed by atoms with van der Waals surface area (Å²) in [4.78, 5) is 38.2. The second kappa shape index (κ2) is 7.24. The van der Waals surface area contributed by atoms with Crippen molar-refractivity contribution in [2.75, 3.05) is 18.8 Å². The molecular weight excluding hydrogens is 392 g/mol. The second-order valence-electron chi connectivity index (χ2n) is 8.28. The van der Waals surface area contributed by atoms with Gasteiger partial charge in [0, 0.05) is 36.1 Å². The molecule has 1 aliphatic rings. The Hall–Kier alpha value is -3.65. The number of aromatic amines is 2. The topological polar surface area (TPSA) is 120 Å². The third-order valence-electron chi connectivity index (χ3n) is 5.77. The van der Waals surface area contributed by atoms with Gasteiger partial charge in [0.25, 0.3) is 11.5 Å². The Morgan fingerprint density at radius 1 is 1.06 bits per heavy atom. The Morgan fingerprint density at radius 3 is 2.58 bits per heavy atom. The fraction of sp³-hybridized carbons (Fsp3) is 0.261. The van der Waals surface area contributed by atoms with E-state index in [1.54, 1.807) is 18.2 Å². The number of pyridine rings is 1. The van der Waals surface area contributed by atoms with Gasteiger partial charge >= 0.3 is 0 Å². The van der Waals surface area contributed by atoms with Crippen LogP contribution in [0.2, 0.25) is 0 Å². The van der Waals surface area contributed by atoms with Crippen molar-refractivity contribution in [1.29, 1.82) is 0 Å². The molecule has 5 rings (SSSR count). The zero-order valence-electron chi connectivity index (χ0n) is 17.4. The Labute approximate surface area is 178 Å². The van der Waals surface area contributed by atoms with Crippen LogP contribution in [0.15, 0.2) is 47.3 Å². The minimum Gasteiger partial charge on any atom is -0.397 e. The van der Waals surface area contributed by atoms with E-state index < -0.39 is 0 Å². The molecule has 0 radical (unpaired) electrons. The number of nitrogens with two attached hydrogens (primary N) is 1. The molecule has 2 aromatic carbocycles. The largest absolute Gasteiger partial charge is 0.397 e. The summed E-state index contributed by atoms with van der Waals surface area (Å²) in [7, 11) is 0. The predicted octanol–water partition coefficient (Wildman–Crippen LogP) is 2.48. The number of imidazole rings is 1. The molecule has 1 saturated heterocycles. The summed E-state index contributed by atoms with van der Waals surface area (Å²) < 4.78 is 0. The highest BCUT2D eigenvalue weighted by Crippen LogP contribution is 2.28. The van der Waals surface area contributed by atoms with Crippen LogP contribution in [0.5, 0.6) is 0 Å². The number of anilines is 1. The van der Waals surface area contributed by atoms with Gasteiger partial charge in [-0.05, 0) is 38.1 Å². The van der Waals surface area contributed by atoms with E-state index in [-0.39, 0.29) is 23.6 Å². The van der Waals surface area contributed by atoms with Crippen LogP contribution in [0.3, 0.4) is 0 Å².